The fourth-order valence-electron chi connectivity index (χ4n) is 3.10. The first kappa shape index (κ1) is 18.5. The summed E-state index contributed by atoms with van der Waals surface area (Å²) >= 11 is 0. The molecule has 0 aliphatic carbocycles. The van der Waals surface area contributed by atoms with Crippen LogP contribution in [0.25, 0.3) is 0 Å². The maximum atomic E-state index is 12.4. The molecule has 2 unspecified atom stereocenters. The van der Waals surface area contributed by atoms with Crippen LogP contribution in [0.4, 0.5) is 0 Å². The zero-order chi connectivity index (χ0) is 16.0. The molecule has 1 fully saturated rings. The summed E-state index contributed by atoms with van der Waals surface area (Å²) in [5.41, 5.74) is 0.296. The minimum atomic E-state index is 0.296. The van der Waals surface area contributed by atoms with Crippen LogP contribution in [-0.2, 0) is 4.79 Å². The number of piperidine rings is 1. The molecule has 21 heavy (non-hydrogen) atoms. The Labute approximate surface area is 131 Å². The third-order valence-electron chi connectivity index (χ3n) is 4.09. The van der Waals surface area contributed by atoms with Crippen LogP contribution in [0, 0.1) is 17.3 Å². The molecular formula is C18H36N2O. The fraction of sp³-hybridized carbons (Fsp3) is 0.944. The largest absolute Gasteiger partial charge is 0.341 e. The van der Waals surface area contributed by atoms with Gasteiger partial charge in [0.1, 0.15) is 0 Å². The Morgan fingerprint density at radius 1 is 1.29 bits per heavy atom. The molecule has 0 radical (unpaired) electrons. The van der Waals surface area contributed by atoms with Crippen LogP contribution in [0.3, 0.4) is 0 Å². The minimum Gasteiger partial charge on any atom is -0.341 e. The van der Waals surface area contributed by atoms with E-state index in [9.17, 15) is 4.79 Å². The average molecular weight is 296 g/mol. The first-order valence-corrected chi connectivity index (χ1v) is 8.72. The van der Waals surface area contributed by atoms with Crippen LogP contribution >= 0.6 is 0 Å². The van der Waals surface area contributed by atoms with Crippen molar-refractivity contribution in [2.45, 2.75) is 73.3 Å². The molecule has 1 saturated heterocycles. The Bertz CT molecular complexity index is 320. The molecule has 0 bridgehead atoms. The van der Waals surface area contributed by atoms with Gasteiger partial charge in [0.15, 0.2) is 0 Å². The van der Waals surface area contributed by atoms with Gasteiger partial charge in [0.05, 0.1) is 0 Å². The third-order valence-corrected chi connectivity index (χ3v) is 4.09. The van der Waals surface area contributed by atoms with Crippen molar-refractivity contribution in [3.8, 4) is 0 Å². The van der Waals surface area contributed by atoms with E-state index in [0.717, 1.165) is 19.6 Å². The summed E-state index contributed by atoms with van der Waals surface area (Å²) < 4.78 is 0. The molecule has 3 nitrogen and oxygen atoms in total. The summed E-state index contributed by atoms with van der Waals surface area (Å²) in [7, 11) is 0. The predicted octanol–water partition coefficient (Wildman–Crippen LogP) is 3.69. The number of carbonyl (C=O) groups is 1. The van der Waals surface area contributed by atoms with Gasteiger partial charge in [-0.3, -0.25) is 4.79 Å². The summed E-state index contributed by atoms with van der Waals surface area (Å²) in [6.45, 7) is 16.1. The molecule has 1 aliphatic heterocycles. The molecule has 0 spiro atoms. The molecule has 0 aromatic carbocycles. The highest BCUT2D eigenvalue weighted by Crippen LogP contribution is 2.23. The normalized spacial score (nSPS) is 23.7. The van der Waals surface area contributed by atoms with Crippen molar-refractivity contribution in [3.63, 3.8) is 0 Å². The predicted molar refractivity (Wildman–Crippen MR) is 90.3 cm³/mol. The molecular weight excluding hydrogens is 260 g/mol. The zero-order valence-electron chi connectivity index (χ0n) is 15.0. The first-order chi connectivity index (χ1) is 9.71. The third kappa shape index (κ3) is 7.30. The quantitative estimate of drug-likeness (QED) is 0.811. The van der Waals surface area contributed by atoms with Crippen molar-refractivity contribution in [2.75, 3.05) is 19.6 Å². The Kier molecular flexibility index (Phi) is 7.19. The number of hydrogen-bond acceptors (Lipinski definition) is 2. The van der Waals surface area contributed by atoms with E-state index in [0.29, 0.717) is 35.6 Å². The first-order valence-electron chi connectivity index (χ1n) is 8.72. The van der Waals surface area contributed by atoms with Crippen LogP contribution in [0.1, 0.15) is 67.2 Å². The highest BCUT2D eigenvalue weighted by Gasteiger charge is 2.30. The lowest BCUT2D eigenvalue weighted by Gasteiger charge is -2.39. The van der Waals surface area contributed by atoms with Crippen molar-refractivity contribution in [3.05, 3.63) is 0 Å². The van der Waals surface area contributed by atoms with Gasteiger partial charge in [-0.1, -0.05) is 48.0 Å². The monoisotopic (exact) mass is 296 g/mol. The van der Waals surface area contributed by atoms with E-state index in [2.05, 4.69) is 51.8 Å². The van der Waals surface area contributed by atoms with Gasteiger partial charge in [-0.05, 0) is 30.1 Å². The van der Waals surface area contributed by atoms with Crippen LogP contribution in [0.2, 0.25) is 0 Å². The highest BCUT2D eigenvalue weighted by atomic mass is 16.2. The van der Waals surface area contributed by atoms with Gasteiger partial charge >= 0.3 is 0 Å². The smallest absolute Gasteiger partial charge is 0.222 e. The fourth-order valence-corrected chi connectivity index (χ4v) is 3.10. The number of hydrogen-bond donors (Lipinski definition) is 1. The van der Waals surface area contributed by atoms with Gasteiger partial charge in [-0.25, -0.2) is 0 Å². The lowest BCUT2D eigenvalue weighted by molar-refractivity contribution is -0.134. The molecule has 1 N–H and O–H groups in total. The van der Waals surface area contributed by atoms with E-state index in [-0.39, 0.29) is 0 Å². The van der Waals surface area contributed by atoms with Crippen LogP contribution in [0.5, 0.6) is 0 Å². The van der Waals surface area contributed by atoms with E-state index in [4.69, 9.17) is 0 Å². The van der Waals surface area contributed by atoms with Crippen molar-refractivity contribution < 1.29 is 4.79 Å². The number of carbonyl (C=O) groups excluding carboxylic acids is 1. The molecule has 3 heteroatoms. The summed E-state index contributed by atoms with van der Waals surface area (Å²) in [5, 5.41) is 3.69. The van der Waals surface area contributed by atoms with Crippen LogP contribution < -0.4 is 5.32 Å². The van der Waals surface area contributed by atoms with E-state index in [1.54, 1.807) is 0 Å². The molecule has 124 valence electrons. The molecule has 0 aromatic rings. The molecule has 1 amide bonds. The zero-order valence-corrected chi connectivity index (χ0v) is 15.0. The Morgan fingerprint density at radius 2 is 1.95 bits per heavy atom. The lowest BCUT2D eigenvalue weighted by Crippen LogP contribution is -2.52. The molecule has 1 rings (SSSR count). The Hall–Kier alpha value is -0.570. The van der Waals surface area contributed by atoms with E-state index in [1.807, 2.05) is 0 Å². The summed E-state index contributed by atoms with van der Waals surface area (Å²) in [6, 6.07) is 0.464. The SMILES string of the molecule is CCCC1CC(NCC(C)(C)C)CN(C(=O)CC(C)C)C1. The minimum absolute atomic E-state index is 0.296. The van der Waals surface area contributed by atoms with Gasteiger partial charge in [0.2, 0.25) is 5.91 Å². The number of nitrogens with one attached hydrogen (secondary N) is 1. The number of likely N-dealkylation sites (tertiary alicyclic amines) is 1. The number of nitrogens with zero attached hydrogens (tertiary/aromatic N) is 1. The summed E-state index contributed by atoms with van der Waals surface area (Å²) in [4.78, 5) is 14.5. The van der Waals surface area contributed by atoms with E-state index in [1.165, 1.54) is 19.3 Å². The second-order valence-corrected chi connectivity index (χ2v) is 8.43. The standard InChI is InChI=1S/C18H36N2O/c1-7-8-15-10-16(19-13-18(4,5)6)12-20(11-15)17(21)9-14(2)3/h14-16,19H,7-13H2,1-6H3. The van der Waals surface area contributed by atoms with Gasteiger partial charge in [0.25, 0.3) is 0 Å². The maximum Gasteiger partial charge on any atom is 0.222 e. The van der Waals surface area contributed by atoms with E-state index < -0.39 is 0 Å². The lowest BCUT2D eigenvalue weighted by atomic mass is 9.89. The van der Waals surface area contributed by atoms with E-state index >= 15 is 0 Å². The maximum absolute atomic E-state index is 12.4. The summed E-state index contributed by atoms with van der Waals surface area (Å²) in [5.74, 6) is 1.45. The molecule has 0 aromatic heterocycles. The summed E-state index contributed by atoms with van der Waals surface area (Å²) in [6.07, 6.45) is 4.35. The van der Waals surface area contributed by atoms with Crippen molar-refractivity contribution in [1.29, 1.82) is 0 Å². The van der Waals surface area contributed by atoms with Crippen molar-refractivity contribution in [2.24, 2.45) is 17.3 Å². The molecule has 2 atom stereocenters. The van der Waals surface area contributed by atoms with Gasteiger partial charge in [-0.15, -0.1) is 0 Å². The van der Waals surface area contributed by atoms with Gasteiger partial charge in [-0.2, -0.15) is 0 Å². The highest BCUT2D eigenvalue weighted by molar-refractivity contribution is 5.76. The Balaban J connectivity index is 2.61. The number of amides is 1. The second-order valence-electron chi connectivity index (χ2n) is 8.43. The average Bonchev–Trinajstić information content (AvgIpc) is 2.35. The van der Waals surface area contributed by atoms with Crippen LogP contribution in [0.15, 0.2) is 0 Å². The molecule has 1 aliphatic rings. The van der Waals surface area contributed by atoms with Crippen molar-refractivity contribution >= 4 is 5.91 Å². The molecule has 0 saturated carbocycles. The second kappa shape index (κ2) is 8.17. The Morgan fingerprint density at radius 3 is 2.48 bits per heavy atom. The van der Waals surface area contributed by atoms with Crippen LogP contribution in [-0.4, -0.2) is 36.5 Å². The number of rotatable bonds is 6. The van der Waals surface area contributed by atoms with Gasteiger partial charge in [0, 0.05) is 32.1 Å². The van der Waals surface area contributed by atoms with Gasteiger partial charge < -0.3 is 10.2 Å². The molecule has 1 heterocycles. The van der Waals surface area contributed by atoms with Crippen molar-refractivity contribution in [1.82, 2.24) is 10.2 Å². The topological polar surface area (TPSA) is 32.3 Å².